The van der Waals surface area contributed by atoms with Gasteiger partial charge in [-0.05, 0) is 38.1 Å². The first-order valence-electron chi connectivity index (χ1n) is 8.52. The summed E-state index contributed by atoms with van der Waals surface area (Å²) in [5.41, 5.74) is 8.37. The number of hydrogen-bond acceptors (Lipinski definition) is 5. The van der Waals surface area contributed by atoms with Gasteiger partial charge in [0.25, 0.3) is 0 Å². The Kier molecular flexibility index (Phi) is 5.23. The molecule has 0 aliphatic rings. The molecule has 27 heavy (non-hydrogen) atoms. The molecule has 0 atom stereocenters. The van der Waals surface area contributed by atoms with E-state index in [0.29, 0.717) is 22.6 Å². The zero-order valence-electron chi connectivity index (χ0n) is 15.2. The molecule has 0 bridgehead atoms. The Morgan fingerprint density at radius 1 is 1.30 bits per heavy atom. The number of primary amides is 1. The van der Waals surface area contributed by atoms with Crippen LogP contribution in [0.2, 0.25) is 0 Å². The number of nitrogens with two attached hydrogens (primary N) is 1. The minimum Gasteiger partial charge on any atom is -0.491 e. The first kappa shape index (κ1) is 18.2. The number of nitrogens with one attached hydrogen (secondary N) is 1. The predicted octanol–water partition coefficient (Wildman–Crippen LogP) is 3.17. The van der Waals surface area contributed by atoms with Crippen molar-refractivity contribution < 1.29 is 9.53 Å². The minimum atomic E-state index is -0.434. The lowest BCUT2D eigenvalue weighted by Crippen LogP contribution is -2.16. The van der Waals surface area contributed by atoms with Crippen LogP contribution in [0.5, 0.6) is 5.75 Å². The zero-order chi connectivity index (χ0) is 19.4. The number of nitrogens with zero attached hydrogens (tertiary/aromatic N) is 2. The van der Waals surface area contributed by atoms with Crippen LogP contribution in [0.4, 0.5) is 11.5 Å². The summed E-state index contributed by atoms with van der Waals surface area (Å²) < 4.78 is 5.83. The van der Waals surface area contributed by atoms with Crippen LogP contribution in [-0.2, 0) is 11.2 Å². The van der Waals surface area contributed by atoms with Gasteiger partial charge in [0, 0.05) is 28.3 Å². The smallest absolute Gasteiger partial charge is 0.221 e. The largest absolute Gasteiger partial charge is 0.491 e. The van der Waals surface area contributed by atoms with Crippen molar-refractivity contribution in [3.8, 4) is 18.1 Å². The standard InChI is InChI=1S/C21H20N4O2/c1-4-14-6-5-7-16(8-14)25-21-17-9-15(10-20(22)26)19(27-13(2)3)11-18(17)23-12-24-21/h1,5-9,11-13H,10H2,2-3H3,(H2,22,26)(H,23,24,25). The molecule has 0 unspecified atom stereocenters. The second kappa shape index (κ2) is 7.75. The maximum atomic E-state index is 11.5. The molecule has 3 aromatic rings. The van der Waals surface area contributed by atoms with Crippen molar-refractivity contribution in [2.75, 3.05) is 5.32 Å². The molecular formula is C21H20N4O2. The minimum absolute atomic E-state index is 0.0417. The molecule has 136 valence electrons. The first-order chi connectivity index (χ1) is 13.0. The van der Waals surface area contributed by atoms with Crippen LogP contribution < -0.4 is 15.8 Å². The lowest BCUT2D eigenvalue weighted by molar-refractivity contribution is -0.117. The van der Waals surface area contributed by atoms with E-state index in [0.717, 1.165) is 16.6 Å². The molecule has 6 nitrogen and oxygen atoms in total. The summed E-state index contributed by atoms with van der Waals surface area (Å²) in [5.74, 6) is 3.37. The molecule has 1 aromatic heterocycles. The molecule has 6 heteroatoms. The van der Waals surface area contributed by atoms with E-state index in [1.165, 1.54) is 6.33 Å². The average molecular weight is 360 g/mol. The number of hydrogen-bond donors (Lipinski definition) is 2. The Bertz CT molecular complexity index is 1040. The van der Waals surface area contributed by atoms with Gasteiger partial charge in [-0.3, -0.25) is 4.79 Å². The van der Waals surface area contributed by atoms with E-state index in [-0.39, 0.29) is 12.5 Å². The maximum Gasteiger partial charge on any atom is 0.221 e. The molecule has 1 heterocycles. The molecule has 2 aromatic carbocycles. The van der Waals surface area contributed by atoms with Gasteiger partial charge in [0.05, 0.1) is 18.0 Å². The Labute approximate surface area is 157 Å². The van der Waals surface area contributed by atoms with Gasteiger partial charge in [-0.2, -0.15) is 0 Å². The summed E-state index contributed by atoms with van der Waals surface area (Å²) in [5, 5.41) is 4.02. The third kappa shape index (κ3) is 4.33. The normalized spacial score (nSPS) is 10.6. The van der Waals surface area contributed by atoms with E-state index < -0.39 is 5.91 Å². The summed E-state index contributed by atoms with van der Waals surface area (Å²) in [7, 11) is 0. The van der Waals surface area contributed by atoms with Crippen LogP contribution in [0, 0.1) is 12.3 Å². The Balaban J connectivity index is 2.08. The quantitative estimate of drug-likeness (QED) is 0.659. The van der Waals surface area contributed by atoms with Crippen LogP contribution >= 0.6 is 0 Å². The molecule has 0 spiro atoms. The first-order valence-corrected chi connectivity index (χ1v) is 8.52. The van der Waals surface area contributed by atoms with Crippen molar-refractivity contribution in [2.24, 2.45) is 5.73 Å². The fourth-order valence-corrected chi connectivity index (χ4v) is 2.74. The van der Waals surface area contributed by atoms with Crippen molar-refractivity contribution in [3.63, 3.8) is 0 Å². The van der Waals surface area contributed by atoms with E-state index in [2.05, 4.69) is 21.2 Å². The van der Waals surface area contributed by atoms with Crippen LogP contribution in [0.25, 0.3) is 10.9 Å². The summed E-state index contributed by atoms with van der Waals surface area (Å²) in [4.78, 5) is 20.2. The molecule has 3 rings (SSSR count). The number of benzene rings is 2. The van der Waals surface area contributed by atoms with Gasteiger partial charge < -0.3 is 15.8 Å². The van der Waals surface area contributed by atoms with Crippen molar-refractivity contribution in [1.29, 1.82) is 0 Å². The van der Waals surface area contributed by atoms with Gasteiger partial charge in [0.15, 0.2) is 0 Å². The number of rotatable bonds is 6. The third-order valence-corrected chi connectivity index (χ3v) is 3.84. The number of carbonyl (C=O) groups excluding carboxylic acids is 1. The third-order valence-electron chi connectivity index (χ3n) is 3.84. The van der Waals surface area contributed by atoms with Gasteiger partial charge in [-0.25, -0.2) is 9.97 Å². The lowest BCUT2D eigenvalue weighted by Gasteiger charge is -2.16. The highest BCUT2D eigenvalue weighted by Crippen LogP contribution is 2.30. The monoisotopic (exact) mass is 360 g/mol. The number of anilines is 2. The highest BCUT2D eigenvalue weighted by atomic mass is 16.5. The van der Waals surface area contributed by atoms with Crippen LogP contribution in [0.3, 0.4) is 0 Å². The van der Waals surface area contributed by atoms with Gasteiger partial charge >= 0.3 is 0 Å². The zero-order valence-corrected chi connectivity index (χ0v) is 15.2. The molecule has 3 N–H and O–H groups in total. The van der Waals surface area contributed by atoms with Crippen LogP contribution in [0.1, 0.15) is 25.0 Å². The summed E-state index contributed by atoms with van der Waals surface area (Å²) in [6, 6.07) is 11.1. The number of aromatic nitrogens is 2. The maximum absolute atomic E-state index is 11.5. The summed E-state index contributed by atoms with van der Waals surface area (Å²) in [6.07, 6.45) is 6.97. The lowest BCUT2D eigenvalue weighted by atomic mass is 10.1. The van der Waals surface area contributed by atoms with E-state index in [1.54, 1.807) is 6.07 Å². The van der Waals surface area contributed by atoms with E-state index in [1.807, 2.05) is 44.2 Å². The Morgan fingerprint density at radius 3 is 2.81 bits per heavy atom. The fourth-order valence-electron chi connectivity index (χ4n) is 2.74. The number of terminal acetylenes is 1. The average Bonchev–Trinajstić information content (AvgIpc) is 2.62. The second-order valence-corrected chi connectivity index (χ2v) is 6.36. The summed E-state index contributed by atoms with van der Waals surface area (Å²) in [6.45, 7) is 3.84. The molecule has 0 saturated carbocycles. The molecule has 0 radical (unpaired) electrons. The number of carbonyl (C=O) groups is 1. The predicted molar refractivity (Wildman–Crippen MR) is 106 cm³/mol. The molecule has 0 saturated heterocycles. The SMILES string of the molecule is C#Cc1cccc(Nc2ncnc3cc(OC(C)C)c(CC(N)=O)cc23)c1. The molecule has 0 fully saturated rings. The second-order valence-electron chi connectivity index (χ2n) is 6.36. The van der Waals surface area contributed by atoms with Crippen molar-refractivity contribution in [3.05, 3.63) is 53.9 Å². The van der Waals surface area contributed by atoms with Crippen LogP contribution in [-0.4, -0.2) is 22.0 Å². The number of fused-ring (bicyclic) bond motifs is 1. The highest BCUT2D eigenvalue weighted by Gasteiger charge is 2.14. The summed E-state index contributed by atoms with van der Waals surface area (Å²) >= 11 is 0. The van der Waals surface area contributed by atoms with E-state index in [9.17, 15) is 4.79 Å². The molecule has 0 aliphatic heterocycles. The number of amides is 1. The Morgan fingerprint density at radius 2 is 2.11 bits per heavy atom. The van der Waals surface area contributed by atoms with E-state index in [4.69, 9.17) is 16.9 Å². The number of ether oxygens (including phenoxy) is 1. The van der Waals surface area contributed by atoms with Gasteiger partial charge in [-0.15, -0.1) is 6.42 Å². The van der Waals surface area contributed by atoms with Gasteiger partial charge in [0.2, 0.25) is 5.91 Å². The molecule has 1 amide bonds. The van der Waals surface area contributed by atoms with Gasteiger partial charge in [-0.1, -0.05) is 12.0 Å². The topological polar surface area (TPSA) is 90.1 Å². The van der Waals surface area contributed by atoms with Crippen molar-refractivity contribution in [2.45, 2.75) is 26.4 Å². The molecule has 0 aliphatic carbocycles. The van der Waals surface area contributed by atoms with Crippen molar-refractivity contribution >= 4 is 28.3 Å². The highest BCUT2D eigenvalue weighted by molar-refractivity contribution is 5.93. The van der Waals surface area contributed by atoms with Crippen molar-refractivity contribution in [1.82, 2.24) is 9.97 Å². The van der Waals surface area contributed by atoms with Gasteiger partial charge in [0.1, 0.15) is 17.9 Å². The Hall–Kier alpha value is -3.59. The molecular weight excluding hydrogens is 340 g/mol. The van der Waals surface area contributed by atoms with E-state index >= 15 is 0 Å². The fraction of sp³-hybridized carbons (Fsp3) is 0.190. The van der Waals surface area contributed by atoms with Crippen LogP contribution in [0.15, 0.2) is 42.7 Å².